The van der Waals surface area contributed by atoms with Gasteiger partial charge in [-0.3, -0.25) is 14.1 Å². The fourth-order valence-electron chi connectivity index (χ4n) is 3.21. The molecule has 2 aromatic carbocycles. The Bertz CT molecular complexity index is 1090. The Kier molecular flexibility index (Phi) is 4.53. The van der Waals surface area contributed by atoms with Gasteiger partial charge in [-0.2, -0.15) is 0 Å². The SMILES string of the molecule is O=C(Nc1ccc2cccnc2c1)c1ccc(N2CCCCS2(=O)=O)cc1. The monoisotopic (exact) mass is 381 g/mol. The highest BCUT2D eigenvalue weighted by molar-refractivity contribution is 7.92. The van der Waals surface area contributed by atoms with Crippen LogP contribution in [0.4, 0.5) is 11.4 Å². The van der Waals surface area contributed by atoms with Crippen LogP contribution in [0.25, 0.3) is 10.9 Å². The molecular formula is C20H19N3O3S. The number of aromatic nitrogens is 1. The first-order valence-corrected chi connectivity index (χ1v) is 10.4. The van der Waals surface area contributed by atoms with Gasteiger partial charge in [0.25, 0.3) is 5.91 Å². The normalized spacial score (nSPS) is 16.2. The number of rotatable bonds is 3. The van der Waals surface area contributed by atoms with Crippen LogP contribution in [0.5, 0.6) is 0 Å². The number of nitrogens with one attached hydrogen (secondary N) is 1. The van der Waals surface area contributed by atoms with Crippen LogP contribution < -0.4 is 9.62 Å². The summed E-state index contributed by atoms with van der Waals surface area (Å²) in [6.07, 6.45) is 3.25. The van der Waals surface area contributed by atoms with Gasteiger partial charge < -0.3 is 5.32 Å². The number of fused-ring (bicyclic) bond motifs is 1. The smallest absolute Gasteiger partial charge is 0.255 e. The van der Waals surface area contributed by atoms with Gasteiger partial charge in [-0.25, -0.2) is 8.42 Å². The summed E-state index contributed by atoms with van der Waals surface area (Å²) in [5.74, 6) is -0.0797. The molecule has 1 aromatic heterocycles. The molecule has 0 unspecified atom stereocenters. The summed E-state index contributed by atoms with van der Waals surface area (Å²) in [4.78, 5) is 16.8. The molecule has 27 heavy (non-hydrogen) atoms. The zero-order valence-electron chi connectivity index (χ0n) is 14.6. The molecule has 0 radical (unpaired) electrons. The van der Waals surface area contributed by atoms with E-state index in [9.17, 15) is 13.2 Å². The largest absolute Gasteiger partial charge is 0.322 e. The Morgan fingerprint density at radius 3 is 2.63 bits per heavy atom. The lowest BCUT2D eigenvalue weighted by Crippen LogP contribution is -2.37. The summed E-state index contributed by atoms with van der Waals surface area (Å²) in [6, 6.07) is 16.0. The molecule has 6 nitrogen and oxygen atoms in total. The first-order chi connectivity index (χ1) is 13.0. The van der Waals surface area contributed by atoms with E-state index in [0.29, 0.717) is 29.9 Å². The van der Waals surface area contributed by atoms with E-state index in [1.54, 1.807) is 30.5 Å². The fraction of sp³-hybridized carbons (Fsp3) is 0.200. The molecular weight excluding hydrogens is 362 g/mol. The lowest BCUT2D eigenvalue weighted by molar-refractivity contribution is 0.102. The molecule has 1 amide bonds. The number of hydrogen-bond acceptors (Lipinski definition) is 4. The minimum atomic E-state index is -3.25. The van der Waals surface area contributed by atoms with Gasteiger partial charge in [0.2, 0.25) is 10.0 Å². The van der Waals surface area contributed by atoms with Crippen LogP contribution in [0.2, 0.25) is 0 Å². The standard InChI is InChI=1S/C20H19N3O3S/c24-20(22-17-8-5-15-4-3-11-21-19(15)14-17)16-6-9-18(10-7-16)23-12-1-2-13-27(23,25)26/h3-11,14H,1-2,12-13H2,(H,22,24). The molecule has 1 fully saturated rings. The number of anilines is 2. The molecule has 0 bridgehead atoms. The van der Waals surface area contributed by atoms with Crippen LogP contribution in [0.3, 0.4) is 0 Å². The molecule has 7 heteroatoms. The first kappa shape index (κ1) is 17.5. The zero-order chi connectivity index (χ0) is 18.9. The number of pyridine rings is 1. The Labute approximate surface area is 157 Å². The van der Waals surface area contributed by atoms with E-state index >= 15 is 0 Å². The Balaban J connectivity index is 1.52. The van der Waals surface area contributed by atoms with Gasteiger partial charge in [-0.1, -0.05) is 12.1 Å². The van der Waals surface area contributed by atoms with Crippen molar-refractivity contribution in [1.82, 2.24) is 4.98 Å². The molecule has 0 atom stereocenters. The van der Waals surface area contributed by atoms with Crippen LogP contribution in [0.15, 0.2) is 60.8 Å². The Morgan fingerprint density at radius 1 is 1.04 bits per heavy atom. The van der Waals surface area contributed by atoms with Gasteiger partial charge in [0, 0.05) is 29.4 Å². The number of hydrogen-bond donors (Lipinski definition) is 1. The van der Waals surface area contributed by atoms with Crippen molar-refractivity contribution in [3.63, 3.8) is 0 Å². The number of benzene rings is 2. The van der Waals surface area contributed by atoms with E-state index in [4.69, 9.17) is 0 Å². The second-order valence-corrected chi connectivity index (χ2v) is 8.52. The molecule has 1 N–H and O–H groups in total. The van der Waals surface area contributed by atoms with Gasteiger partial charge in [-0.15, -0.1) is 0 Å². The summed E-state index contributed by atoms with van der Waals surface area (Å²) >= 11 is 0. The van der Waals surface area contributed by atoms with Crippen molar-refractivity contribution in [2.45, 2.75) is 12.8 Å². The number of amides is 1. The fourth-order valence-corrected chi connectivity index (χ4v) is 4.84. The number of nitrogens with zero attached hydrogens (tertiary/aromatic N) is 2. The lowest BCUT2D eigenvalue weighted by Gasteiger charge is -2.28. The zero-order valence-corrected chi connectivity index (χ0v) is 15.4. The highest BCUT2D eigenvalue weighted by atomic mass is 32.2. The maximum absolute atomic E-state index is 12.5. The van der Waals surface area contributed by atoms with E-state index in [2.05, 4.69) is 10.3 Å². The van der Waals surface area contributed by atoms with Crippen LogP contribution >= 0.6 is 0 Å². The van der Waals surface area contributed by atoms with E-state index in [0.717, 1.165) is 17.3 Å². The van der Waals surface area contributed by atoms with Crippen molar-refractivity contribution < 1.29 is 13.2 Å². The highest BCUT2D eigenvalue weighted by Crippen LogP contribution is 2.24. The molecule has 3 aromatic rings. The topological polar surface area (TPSA) is 79.4 Å². The van der Waals surface area contributed by atoms with Crippen LogP contribution in [0, 0.1) is 0 Å². The molecule has 2 heterocycles. The van der Waals surface area contributed by atoms with Crippen molar-refractivity contribution >= 4 is 38.2 Å². The average Bonchev–Trinajstić information content (AvgIpc) is 2.68. The third kappa shape index (κ3) is 3.64. The Hall–Kier alpha value is -2.93. The number of carbonyl (C=O) groups is 1. The maximum Gasteiger partial charge on any atom is 0.255 e. The summed E-state index contributed by atoms with van der Waals surface area (Å²) in [6.45, 7) is 0.484. The predicted molar refractivity (Wildman–Crippen MR) is 107 cm³/mol. The number of sulfonamides is 1. The molecule has 138 valence electrons. The second-order valence-electron chi connectivity index (χ2n) is 6.51. The molecule has 0 spiro atoms. The predicted octanol–water partition coefficient (Wildman–Crippen LogP) is 3.42. The average molecular weight is 381 g/mol. The molecule has 1 saturated heterocycles. The van der Waals surface area contributed by atoms with Crippen molar-refractivity contribution in [1.29, 1.82) is 0 Å². The van der Waals surface area contributed by atoms with E-state index in [1.165, 1.54) is 4.31 Å². The molecule has 4 rings (SSSR count). The van der Waals surface area contributed by atoms with Crippen molar-refractivity contribution in [3.8, 4) is 0 Å². The minimum absolute atomic E-state index is 0.172. The summed E-state index contributed by atoms with van der Waals surface area (Å²) in [7, 11) is -3.25. The first-order valence-electron chi connectivity index (χ1n) is 8.80. The van der Waals surface area contributed by atoms with Gasteiger partial charge >= 0.3 is 0 Å². The highest BCUT2D eigenvalue weighted by Gasteiger charge is 2.26. The third-order valence-electron chi connectivity index (χ3n) is 4.63. The lowest BCUT2D eigenvalue weighted by atomic mass is 10.1. The summed E-state index contributed by atoms with van der Waals surface area (Å²) in [5, 5.41) is 3.86. The minimum Gasteiger partial charge on any atom is -0.322 e. The van der Waals surface area contributed by atoms with E-state index in [1.807, 2.05) is 30.3 Å². The van der Waals surface area contributed by atoms with Crippen molar-refractivity contribution in [3.05, 3.63) is 66.4 Å². The quantitative estimate of drug-likeness (QED) is 0.754. The second kappa shape index (κ2) is 7.00. The van der Waals surface area contributed by atoms with Crippen molar-refractivity contribution in [2.75, 3.05) is 21.9 Å². The molecule has 1 aliphatic heterocycles. The summed E-state index contributed by atoms with van der Waals surface area (Å²) in [5.41, 5.74) is 2.53. The van der Waals surface area contributed by atoms with E-state index < -0.39 is 10.0 Å². The maximum atomic E-state index is 12.5. The van der Waals surface area contributed by atoms with Gasteiger partial charge in [0.15, 0.2) is 0 Å². The molecule has 1 aliphatic rings. The van der Waals surface area contributed by atoms with Gasteiger partial charge in [-0.05, 0) is 55.3 Å². The summed E-state index contributed by atoms with van der Waals surface area (Å²) < 4.78 is 25.8. The van der Waals surface area contributed by atoms with Crippen molar-refractivity contribution in [2.24, 2.45) is 0 Å². The third-order valence-corrected chi connectivity index (χ3v) is 6.50. The van der Waals surface area contributed by atoms with Crippen LogP contribution in [-0.2, 0) is 10.0 Å². The molecule has 0 saturated carbocycles. The van der Waals surface area contributed by atoms with E-state index in [-0.39, 0.29) is 11.7 Å². The number of carbonyl (C=O) groups excluding carboxylic acids is 1. The van der Waals surface area contributed by atoms with Crippen LogP contribution in [-0.4, -0.2) is 31.6 Å². The van der Waals surface area contributed by atoms with Gasteiger partial charge in [0.1, 0.15) is 0 Å². The van der Waals surface area contributed by atoms with Gasteiger partial charge in [0.05, 0.1) is 17.0 Å². The van der Waals surface area contributed by atoms with Crippen LogP contribution in [0.1, 0.15) is 23.2 Å². The molecule has 0 aliphatic carbocycles. The Morgan fingerprint density at radius 2 is 1.85 bits per heavy atom.